The Bertz CT molecular complexity index is 341. The molecule has 0 unspecified atom stereocenters. The van der Waals surface area contributed by atoms with E-state index in [-0.39, 0.29) is 21.1 Å². The summed E-state index contributed by atoms with van der Waals surface area (Å²) in [5.74, 6) is 0. The fourth-order valence-electron chi connectivity index (χ4n) is 1.03. The van der Waals surface area contributed by atoms with Crippen molar-refractivity contribution in [1.82, 2.24) is 9.97 Å². The first kappa shape index (κ1) is 15.9. The standard InChI is InChI=1S/C10H8N2.C2H8N2.Pt/c1-3-7-11-9(5-1)10-6-2-4-8-12-10;3-1-2-4;/h1-8H;1-4H2;/q;;+2. The van der Waals surface area contributed by atoms with Crippen molar-refractivity contribution in [1.29, 1.82) is 0 Å². The van der Waals surface area contributed by atoms with E-state index in [0.717, 1.165) is 11.4 Å². The van der Waals surface area contributed by atoms with Gasteiger partial charge in [-0.3, -0.25) is 9.97 Å². The van der Waals surface area contributed by atoms with Gasteiger partial charge in [-0.25, -0.2) is 0 Å². The first-order chi connectivity index (χ1) is 7.88. The van der Waals surface area contributed by atoms with Gasteiger partial charge in [0.2, 0.25) is 0 Å². The van der Waals surface area contributed by atoms with E-state index in [0.29, 0.717) is 13.1 Å². The van der Waals surface area contributed by atoms with Gasteiger partial charge in [-0.05, 0) is 24.3 Å². The Morgan fingerprint density at radius 2 is 1.18 bits per heavy atom. The molecule has 0 bridgehead atoms. The second-order valence-electron chi connectivity index (χ2n) is 3.01. The summed E-state index contributed by atoms with van der Waals surface area (Å²) in [7, 11) is 0. The maximum atomic E-state index is 4.90. The predicted octanol–water partition coefficient (Wildman–Crippen LogP) is 1.04. The number of pyridine rings is 2. The average Bonchev–Trinajstić information content (AvgIpc) is 2.41. The molecule has 4 nitrogen and oxygen atoms in total. The van der Waals surface area contributed by atoms with Crippen molar-refractivity contribution in [3.63, 3.8) is 0 Å². The fraction of sp³-hybridized carbons (Fsp3) is 0.167. The molecule has 0 radical (unpaired) electrons. The van der Waals surface area contributed by atoms with Crippen LogP contribution in [-0.2, 0) is 21.1 Å². The molecule has 0 fully saturated rings. The minimum atomic E-state index is 0. The van der Waals surface area contributed by atoms with Crippen LogP contribution in [0.4, 0.5) is 0 Å². The third-order valence-corrected chi connectivity index (χ3v) is 1.76. The van der Waals surface area contributed by atoms with Crippen molar-refractivity contribution in [2.75, 3.05) is 13.1 Å². The smallest absolute Gasteiger partial charge is 0.329 e. The molecule has 2 aromatic heterocycles. The van der Waals surface area contributed by atoms with Crippen LogP contribution in [0.2, 0.25) is 0 Å². The van der Waals surface area contributed by atoms with Gasteiger partial charge in [0, 0.05) is 25.5 Å². The molecule has 17 heavy (non-hydrogen) atoms. The van der Waals surface area contributed by atoms with Gasteiger partial charge in [0.25, 0.3) is 0 Å². The van der Waals surface area contributed by atoms with Crippen molar-refractivity contribution >= 4 is 0 Å². The van der Waals surface area contributed by atoms with Crippen LogP contribution in [0.15, 0.2) is 48.8 Å². The van der Waals surface area contributed by atoms with E-state index in [4.69, 9.17) is 11.5 Å². The Labute approximate surface area is 116 Å². The quantitative estimate of drug-likeness (QED) is 0.775. The van der Waals surface area contributed by atoms with E-state index in [1.54, 1.807) is 12.4 Å². The van der Waals surface area contributed by atoms with Gasteiger partial charge in [-0.2, -0.15) is 0 Å². The number of hydrogen-bond donors (Lipinski definition) is 2. The summed E-state index contributed by atoms with van der Waals surface area (Å²) in [4.78, 5) is 8.37. The van der Waals surface area contributed by atoms with E-state index in [2.05, 4.69) is 9.97 Å². The summed E-state index contributed by atoms with van der Waals surface area (Å²) in [5.41, 5.74) is 11.6. The van der Waals surface area contributed by atoms with Crippen LogP contribution in [0.1, 0.15) is 0 Å². The van der Waals surface area contributed by atoms with E-state index < -0.39 is 0 Å². The molecule has 0 saturated heterocycles. The Morgan fingerprint density at radius 1 is 0.765 bits per heavy atom. The summed E-state index contributed by atoms with van der Waals surface area (Å²) in [6.45, 7) is 1.19. The summed E-state index contributed by atoms with van der Waals surface area (Å²) < 4.78 is 0. The number of nitrogens with zero attached hydrogens (tertiary/aromatic N) is 2. The maximum Gasteiger partial charge on any atom is 2.00 e. The van der Waals surface area contributed by atoms with Crippen LogP contribution in [0.25, 0.3) is 11.4 Å². The predicted molar refractivity (Wildman–Crippen MR) is 65.6 cm³/mol. The van der Waals surface area contributed by atoms with Gasteiger partial charge in [0.05, 0.1) is 11.4 Å². The second kappa shape index (κ2) is 10.1. The van der Waals surface area contributed by atoms with Crippen LogP contribution in [-0.4, -0.2) is 23.1 Å². The van der Waals surface area contributed by atoms with Gasteiger partial charge < -0.3 is 11.5 Å². The number of hydrogen-bond acceptors (Lipinski definition) is 4. The van der Waals surface area contributed by atoms with Crippen molar-refractivity contribution in [2.24, 2.45) is 11.5 Å². The Morgan fingerprint density at radius 3 is 1.41 bits per heavy atom. The van der Waals surface area contributed by atoms with Gasteiger partial charge in [-0.1, -0.05) is 12.1 Å². The molecule has 0 saturated carbocycles. The summed E-state index contributed by atoms with van der Waals surface area (Å²) in [6.07, 6.45) is 3.54. The van der Waals surface area contributed by atoms with Crippen LogP contribution in [0.3, 0.4) is 0 Å². The molecule has 0 amide bonds. The van der Waals surface area contributed by atoms with Crippen molar-refractivity contribution in [3.05, 3.63) is 48.8 Å². The number of nitrogens with two attached hydrogens (primary N) is 2. The molecule has 0 aliphatic heterocycles. The zero-order valence-electron chi connectivity index (χ0n) is 9.40. The van der Waals surface area contributed by atoms with Crippen LogP contribution in [0.5, 0.6) is 0 Å². The van der Waals surface area contributed by atoms with E-state index in [9.17, 15) is 0 Å². The molecule has 0 aromatic carbocycles. The third kappa shape index (κ3) is 6.27. The van der Waals surface area contributed by atoms with Crippen LogP contribution >= 0.6 is 0 Å². The molecular weight excluding hydrogens is 395 g/mol. The minimum Gasteiger partial charge on any atom is -0.329 e. The molecule has 92 valence electrons. The van der Waals surface area contributed by atoms with E-state index >= 15 is 0 Å². The molecular formula is C12H16N4Pt+2. The monoisotopic (exact) mass is 411 g/mol. The topological polar surface area (TPSA) is 77.8 Å². The molecule has 0 aliphatic carbocycles. The first-order valence-corrected chi connectivity index (χ1v) is 5.11. The zero-order valence-corrected chi connectivity index (χ0v) is 11.7. The van der Waals surface area contributed by atoms with Crippen LogP contribution < -0.4 is 11.5 Å². The minimum absolute atomic E-state index is 0. The molecule has 2 heterocycles. The first-order valence-electron chi connectivity index (χ1n) is 5.11. The Kier molecular flexibility index (Phi) is 9.44. The molecule has 0 atom stereocenters. The van der Waals surface area contributed by atoms with Gasteiger partial charge in [0.1, 0.15) is 0 Å². The van der Waals surface area contributed by atoms with Gasteiger partial charge in [0.15, 0.2) is 0 Å². The zero-order chi connectivity index (χ0) is 11.6. The van der Waals surface area contributed by atoms with E-state index in [1.807, 2.05) is 36.4 Å². The van der Waals surface area contributed by atoms with E-state index in [1.165, 1.54) is 0 Å². The molecule has 2 rings (SSSR count). The van der Waals surface area contributed by atoms with Gasteiger partial charge >= 0.3 is 21.1 Å². The molecule has 0 spiro atoms. The average molecular weight is 411 g/mol. The largest absolute Gasteiger partial charge is 2.00 e. The maximum absolute atomic E-state index is 4.90. The molecule has 4 N–H and O–H groups in total. The van der Waals surface area contributed by atoms with Crippen LogP contribution in [0, 0.1) is 0 Å². The second-order valence-corrected chi connectivity index (χ2v) is 3.01. The Balaban J connectivity index is 0.000000453. The van der Waals surface area contributed by atoms with Crippen molar-refractivity contribution in [3.8, 4) is 11.4 Å². The summed E-state index contributed by atoms with van der Waals surface area (Å²) >= 11 is 0. The normalized spacial score (nSPS) is 8.59. The van der Waals surface area contributed by atoms with Crippen molar-refractivity contribution < 1.29 is 21.1 Å². The SMILES string of the molecule is NCCN.[Pt+2].c1ccc(-c2ccccn2)nc1. The van der Waals surface area contributed by atoms with Crippen molar-refractivity contribution in [2.45, 2.75) is 0 Å². The number of aromatic nitrogens is 2. The summed E-state index contributed by atoms with van der Waals surface area (Å²) in [6, 6.07) is 11.6. The Hall–Kier alpha value is -1.09. The molecule has 5 heteroatoms. The molecule has 0 aliphatic rings. The molecule has 2 aromatic rings. The fourth-order valence-corrected chi connectivity index (χ4v) is 1.03. The summed E-state index contributed by atoms with van der Waals surface area (Å²) in [5, 5.41) is 0. The van der Waals surface area contributed by atoms with Gasteiger partial charge in [-0.15, -0.1) is 0 Å². The number of rotatable bonds is 2. The third-order valence-electron chi connectivity index (χ3n) is 1.76.